The van der Waals surface area contributed by atoms with Crippen molar-refractivity contribution >= 4 is 0 Å². The van der Waals surface area contributed by atoms with Crippen molar-refractivity contribution < 1.29 is 10.2 Å². The highest BCUT2D eigenvalue weighted by molar-refractivity contribution is 5.46. The van der Waals surface area contributed by atoms with E-state index < -0.39 is 0 Å². The second-order valence-corrected chi connectivity index (χ2v) is 7.31. The first-order valence-corrected chi connectivity index (χ1v) is 10.2. The minimum atomic E-state index is 0.319. The van der Waals surface area contributed by atoms with Crippen LogP contribution < -0.4 is 0 Å². The molecule has 0 heterocycles. The molecule has 2 aromatic carbocycles. The third kappa shape index (κ3) is 5.27. The van der Waals surface area contributed by atoms with E-state index >= 15 is 0 Å². The number of benzene rings is 2. The van der Waals surface area contributed by atoms with Gasteiger partial charge in [-0.05, 0) is 78.6 Å². The van der Waals surface area contributed by atoms with Crippen LogP contribution in [0.4, 0.5) is 0 Å². The Morgan fingerprint density at radius 3 is 1.54 bits per heavy atom. The molecule has 0 saturated heterocycles. The first kappa shape index (κ1) is 20.4. The molecule has 0 amide bonds. The molecule has 2 N–H and O–H groups in total. The summed E-state index contributed by atoms with van der Waals surface area (Å²) in [7, 11) is 0. The van der Waals surface area contributed by atoms with Gasteiger partial charge in [0.05, 0.1) is 0 Å². The smallest absolute Gasteiger partial charge is 0.115 e. The maximum atomic E-state index is 9.99. The number of phenolic OH excluding ortho intramolecular Hbond substituents is 2. The van der Waals surface area contributed by atoms with Gasteiger partial charge in [0.25, 0.3) is 0 Å². The molecule has 0 saturated carbocycles. The molecule has 0 aliphatic rings. The summed E-state index contributed by atoms with van der Waals surface area (Å²) < 4.78 is 0. The van der Waals surface area contributed by atoms with Crippen molar-refractivity contribution in [3.05, 3.63) is 58.7 Å². The lowest BCUT2D eigenvalue weighted by atomic mass is 9.81. The summed E-state index contributed by atoms with van der Waals surface area (Å²) in [4.78, 5) is 0. The number of aryl methyl sites for hydroxylation is 2. The Hall–Kier alpha value is -1.96. The second kappa shape index (κ2) is 10.3. The molecule has 2 heteroatoms. The van der Waals surface area contributed by atoms with Crippen molar-refractivity contribution in [2.75, 3.05) is 0 Å². The third-order valence-corrected chi connectivity index (χ3v) is 5.18. The van der Waals surface area contributed by atoms with Crippen LogP contribution in [-0.4, -0.2) is 10.2 Å². The third-order valence-electron chi connectivity index (χ3n) is 5.18. The minimum absolute atomic E-state index is 0.319. The maximum Gasteiger partial charge on any atom is 0.115 e. The molecule has 0 aliphatic carbocycles. The van der Waals surface area contributed by atoms with E-state index in [4.69, 9.17) is 0 Å². The summed E-state index contributed by atoms with van der Waals surface area (Å²) in [6.07, 6.45) is 8.75. The predicted octanol–water partition coefficient (Wildman–Crippen LogP) is 6.72. The summed E-state index contributed by atoms with van der Waals surface area (Å²) in [5.41, 5.74) is 5.20. The van der Waals surface area contributed by atoms with E-state index in [1.807, 2.05) is 24.3 Å². The largest absolute Gasteiger partial charge is 0.508 e. The quantitative estimate of drug-likeness (QED) is 0.497. The van der Waals surface area contributed by atoms with Crippen LogP contribution in [0.25, 0.3) is 0 Å². The van der Waals surface area contributed by atoms with Gasteiger partial charge in [0.1, 0.15) is 11.5 Å². The van der Waals surface area contributed by atoms with Gasteiger partial charge in [-0.1, -0.05) is 52.2 Å². The van der Waals surface area contributed by atoms with Crippen molar-refractivity contribution in [3.8, 4) is 11.5 Å². The van der Waals surface area contributed by atoms with E-state index in [-0.39, 0.29) is 0 Å². The Morgan fingerprint density at radius 1 is 0.692 bits per heavy atom. The molecular formula is C24H34O2. The van der Waals surface area contributed by atoms with Crippen molar-refractivity contribution in [2.45, 2.75) is 78.1 Å². The van der Waals surface area contributed by atoms with Gasteiger partial charge in [0.15, 0.2) is 0 Å². The first-order chi connectivity index (χ1) is 12.6. The van der Waals surface area contributed by atoms with Gasteiger partial charge in [-0.25, -0.2) is 0 Å². The average molecular weight is 355 g/mol. The SMILES string of the molecule is CCCCc1cc(O)ccc1C(CCC)c1ccc(O)cc1CCCC. The fraction of sp³-hybridized carbons (Fsp3) is 0.500. The Kier molecular flexibility index (Phi) is 8.03. The summed E-state index contributed by atoms with van der Waals surface area (Å²) in [6, 6.07) is 11.7. The molecule has 2 aromatic rings. The molecule has 2 nitrogen and oxygen atoms in total. The molecule has 26 heavy (non-hydrogen) atoms. The van der Waals surface area contributed by atoms with Crippen LogP contribution in [-0.2, 0) is 12.8 Å². The highest BCUT2D eigenvalue weighted by atomic mass is 16.3. The number of hydrogen-bond acceptors (Lipinski definition) is 2. The molecule has 0 aliphatic heterocycles. The van der Waals surface area contributed by atoms with Crippen LogP contribution >= 0.6 is 0 Å². The van der Waals surface area contributed by atoms with Gasteiger partial charge in [-0.3, -0.25) is 0 Å². The number of rotatable bonds is 10. The summed E-state index contributed by atoms with van der Waals surface area (Å²) in [5.74, 6) is 1.03. The zero-order valence-corrected chi connectivity index (χ0v) is 16.6. The van der Waals surface area contributed by atoms with Crippen molar-refractivity contribution in [1.82, 2.24) is 0 Å². The molecule has 0 spiro atoms. The average Bonchev–Trinajstić information content (AvgIpc) is 2.63. The summed E-state index contributed by atoms with van der Waals surface area (Å²) >= 11 is 0. The fourth-order valence-electron chi connectivity index (χ4n) is 3.80. The van der Waals surface area contributed by atoms with Crippen LogP contribution in [0.5, 0.6) is 11.5 Å². The van der Waals surface area contributed by atoms with Gasteiger partial charge >= 0.3 is 0 Å². The summed E-state index contributed by atoms with van der Waals surface area (Å²) in [5, 5.41) is 20.0. The molecule has 0 atom stereocenters. The molecule has 2 rings (SSSR count). The molecule has 0 unspecified atom stereocenters. The monoisotopic (exact) mass is 354 g/mol. The van der Waals surface area contributed by atoms with E-state index in [1.165, 1.54) is 22.3 Å². The second-order valence-electron chi connectivity index (χ2n) is 7.31. The topological polar surface area (TPSA) is 40.5 Å². The van der Waals surface area contributed by atoms with Crippen LogP contribution in [0.1, 0.15) is 87.5 Å². The lowest BCUT2D eigenvalue weighted by Gasteiger charge is -2.24. The number of unbranched alkanes of at least 4 members (excludes halogenated alkanes) is 2. The Morgan fingerprint density at radius 2 is 1.15 bits per heavy atom. The Labute approximate surface area is 158 Å². The highest BCUT2D eigenvalue weighted by Gasteiger charge is 2.20. The molecule has 0 aromatic heterocycles. The number of hydrogen-bond donors (Lipinski definition) is 2. The predicted molar refractivity (Wildman–Crippen MR) is 110 cm³/mol. The van der Waals surface area contributed by atoms with Gasteiger partial charge in [0.2, 0.25) is 0 Å². The first-order valence-electron chi connectivity index (χ1n) is 10.2. The normalized spacial score (nSPS) is 11.2. The molecule has 0 radical (unpaired) electrons. The molecule has 142 valence electrons. The van der Waals surface area contributed by atoms with E-state index in [0.717, 1.165) is 51.4 Å². The van der Waals surface area contributed by atoms with E-state index in [2.05, 4.69) is 32.9 Å². The number of aromatic hydroxyl groups is 2. The van der Waals surface area contributed by atoms with E-state index in [1.54, 1.807) is 0 Å². The van der Waals surface area contributed by atoms with Crippen LogP contribution in [0, 0.1) is 0 Å². The van der Waals surface area contributed by atoms with Crippen molar-refractivity contribution in [2.24, 2.45) is 0 Å². The zero-order valence-electron chi connectivity index (χ0n) is 16.6. The fourth-order valence-corrected chi connectivity index (χ4v) is 3.80. The van der Waals surface area contributed by atoms with Gasteiger partial charge in [-0.2, -0.15) is 0 Å². The molecule has 0 fully saturated rings. The van der Waals surface area contributed by atoms with Gasteiger partial charge in [0, 0.05) is 5.92 Å². The van der Waals surface area contributed by atoms with Crippen LogP contribution in [0.2, 0.25) is 0 Å². The lowest BCUT2D eigenvalue weighted by molar-refractivity contribution is 0.473. The zero-order chi connectivity index (χ0) is 18.9. The van der Waals surface area contributed by atoms with E-state index in [9.17, 15) is 10.2 Å². The minimum Gasteiger partial charge on any atom is -0.508 e. The van der Waals surface area contributed by atoms with Crippen LogP contribution in [0.3, 0.4) is 0 Å². The molecule has 0 bridgehead atoms. The Bertz CT molecular complexity index is 633. The van der Waals surface area contributed by atoms with Crippen molar-refractivity contribution in [1.29, 1.82) is 0 Å². The van der Waals surface area contributed by atoms with E-state index in [0.29, 0.717) is 17.4 Å². The number of phenols is 2. The van der Waals surface area contributed by atoms with Gasteiger partial charge in [-0.15, -0.1) is 0 Å². The lowest BCUT2D eigenvalue weighted by Crippen LogP contribution is -2.08. The highest BCUT2D eigenvalue weighted by Crippen LogP contribution is 2.37. The summed E-state index contributed by atoms with van der Waals surface area (Å²) in [6.45, 7) is 6.63. The van der Waals surface area contributed by atoms with Crippen LogP contribution in [0.15, 0.2) is 36.4 Å². The van der Waals surface area contributed by atoms with Crippen molar-refractivity contribution in [3.63, 3.8) is 0 Å². The Balaban J connectivity index is 2.49. The van der Waals surface area contributed by atoms with Gasteiger partial charge < -0.3 is 10.2 Å². The maximum absolute atomic E-state index is 9.99. The standard InChI is InChI=1S/C24H34O2/c1-4-7-10-18-16-20(25)12-14-22(18)24(9-6-3)23-15-13-21(26)17-19(23)11-8-5-2/h12-17,24-26H,4-11H2,1-3H3. The molecular weight excluding hydrogens is 320 g/mol.